The van der Waals surface area contributed by atoms with E-state index >= 15 is 0 Å². The Bertz CT molecular complexity index is 1080. The molecule has 2 aromatic rings. The number of rotatable bonds is 11. The van der Waals surface area contributed by atoms with E-state index < -0.39 is 23.8 Å². The maximum atomic E-state index is 14.3. The highest BCUT2D eigenvalue weighted by Gasteiger charge is 2.42. The van der Waals surface area contributed by atoms with E-state index in [1.54, 1.807) is 37.4 Å². The monoisotopic (exact) mass is 539 g/mol. The van der Waals surface area contributed by atoms with Crippen LogP contribution in [0.5, 0.6) is 0 Å². The molecule has 1 aliphatic carbocycles. The van der Waals surface area contributed by atoms with E-state index in [9.17, 15) is 14.4 Å². The van der Waals surface area contributed by atoms with Crippen LogP contribution in [0.2, 0.25) is 0 Å². The van der Waals surface area contributed by atoms with Gasteiger partial charge in [-0.15, -0.1) is 0 Å². The lowest BCUT2D eigenvalue weighted by Gasteiger charge is -2.44. The fraction of sp³-hybridized carbons (Fsp3) is 0.500. The first-order chi connectivity index (χ1) is 18.1. The summed E-state index contributed by atoms with van der Waals surface area (Å²) in [5, 5.41) is 5.88. The van der Waals surface area contributed by atoms with Crippen LogP contribution in [0.25, 0.3) is 0 Å². The lowest BCUT2D eigenvalue weighted by molar-refractivity contribution is -0.147. The molecule has 0 aliphatic heterocycles. The van der Waals surface area contributed by atoms with E-state index in [1.807, 2.05) is 67.8 Å². The summed E-state index contributed by atoms with van der Waals surface area (Å²) in [4.78, 5) is 42.6. The average Bonchev–Trinajstić information content (AvgIpc) is 2.84. The Morgan fingerprint density at radius 1 is 1.05 bits per heavy atom. The molecular formula is C30H41N3O4S. The van der Waals surface area contributed by atoms with E-state index in [4.69, 9.17) is 4.74 Å². The van der Waals surface area contributed by atoms with Gasteiger partial charge < -0.3 is 20.3 Å². The molecule has 0 saturated heterocycles. The summed E-state index contributed by atoms with van der Waals surface area (Å²) in [6, 6.07) is 15.7. The minimum absolute atomic E-state index is 0.0770. The van der Waals surface area contributed by atoms with Gasteiger partial charge in [-0.3, -0.25) is 9.59 Å². The van der Waals surface area contributed by atoms with Crippen LogP contribution in [-0.4, -0.2) is 52.5 Å². The van der Waals surface area contributed by atoms with Gasteiger partial charge in [-0.1, -0.05) is 54.6 Å². The molecule has 0 heterocycles. The van der Waals surface area contributed by atoms with Gasteiger partial charge in [-0.25, -0.2) is 4.79 Å². The number of carbonyl (C=O) groups is 3. The van der Waals surface area contributed by atoms with Crippen molar-refractivity contribution in [2.45, 2.75) is 83.6 Å². The van der Waals surface area contributed by atoms with E-state index in [0.29, 0.717) is 18.7 Å². The van der Waals surface area contributed by atoms with Crippen LogP contribution in [0.4, 0.5) is 4.79 Å². The van der Waals surface area contributed by atoms with Crippen molar-refractivity contribution in [1.29, 1.82) is 0 Å². The zero-order valence-corrected chi connectivity index (χ0v) is 24.0. The smallest absolute Gasteiger partial charge is 0.408 e. The van der Waals surface area contributed by atoms with E-state index in [0.717, 1.165) is 36.0 Å². The predicted molar refractivity (Wildman–Crippen MR) is 153 cm³/mol. The fourth-order valence-corrected chi connectivity index (χ4v) is 4.97. The van der Waals surface area contributed by atoms with Crippen LogP contribution >= 0.6 is 11.8 Å². The van der Waals surface area contributed by atoms with Gasteiger partial charge in [0.2, 0.25) is 11.8 Å². The molecule has 1 aliphatic rings. The number of alkyl carbamates (subject to hydrolysis) is 1. The van der Waals surface area contributed by atoms with E-state index in [1.165, 1.54) is 0 Å². The van der Waals surface area contributed by atoms with Crippen molar-refractivity contribution in [2.75, 3.05) is 12.0 Å². The van der Waals surface area contributed by atoms with Crippen LogP contribution in [0, 0.1) is 6.92 Å². The fourth-order valence-electron chi connectivity index (χ4n) is 4.50. The van der Waals surface area contributed by atoms with Crippen molar-refractivity contribution < 1.29 is 19.1 Å². The molecule has 3 amide bonds. The van der Waals surface area contributed by atoms with Crippen LogP contribution in [-0.2, 0) is 20.9 Å². The summed E-state index contributed by atoms with van der Waals surface area (Å²) < 4.78 is 5.47. The highest BCUT2D eigenvalue weighted by atomic mass is 32.2. The zero-order chi connectivity index (χ0) is 27.7. The molecule has 0 bridgehead atoms. The Kier molecular flexibility index (Phi) is 10.6. The topological polar surface area (TPSA) is 87.7 Å². The first-order valence-corrected chi connectivity index (χ1v) is 14.7. The van der Waals surface area contributed by atoms with Gasteiger partial charge in [0.15, 0.2) is 0 Å². The Labute approximate surface area is 231 Å². The van der Waals surface area contributed by atoms with Crippen LogP contribution < -0.4 is 10.6 Å². The first kappa shape index (κ1) is 29.6. The summed E-state index contributed by atoms with van der Waals surface area (Å²) in [5.41, 5.74) is 2.02. The summed E-state index contributed by atoms with van der Waals surface area (Å²) >= 11 is 1.60. The van der Waals surface area contributed by atoms with Gasteiger partial charge in [0, 0.05) is 12.6 Å². The molecule has 7 nitrogen and oxygen atoms in total. The maximum absolute atomic E-state index is 14.3. The second kappa shape index (κ2) is 13.7. The Balaban J connectivity index is 1.95. The maximum Gasteiger partial charge on any atom is 0.408 e. The van der Waals surface area contributed by atoms with Gasteiger partial charge in [-0.2, -0.15) is 11.8 Å². The van der Waals surface area contributed by atoms with Crippen molar-refractivity contribution in [1.82, 2.24) is 15.5 Å². The number of nitrogens with zero attached hydrogens (tertiary/aromatic N) is 1. The molecule has 38 heavy (non-hydrogen) atoms. The number of carbonyl (C=O) groups excluding carboxylic acids is 3. The molecule has 1 fully saturated rings. The van der Waals surface area contributed by atoms with Gasteiger partial charge in [0.05, 0.1) is 0 Å². The minimum Gasteiger partial charge on any atom is -0.444 e. The van der Waals surface area contributed by atoms with Crippen molar-refractivity contribution in [3.8, 4) is 0 Å². The predicted octanol–water partition coefficient (Wildman–Crippen LogP) is 5.38. The summed E-state index contributed by atoms with van der Waals surface area (Å²) in [6.07, 6.45) is 4.41. The number of nitrogens with one attached hydrogen (secondary N) is 2. The third-order valence-electron chi connectivity index (χ3n) is 6.64. The molecular weight excluding hydrogens is 498 g/mol. The second-order valence-electron chi connectivity index (χ2n) is 10.8. The summed E-state index contributed by atoms with van der Waals surface area (Å²) in [6.45, 7) is 7.69. The zero-order valence-electron chi connectivity index (χ0n) is 23.2. The third-order valence-corrected chi connectivity index (χ3v) is 7.29. The molecule has 2 atom stereocenters. The molecule has 1 saturated carbocycles. The van der Waals surface area contributed by atoms with Crippen LogP contribution in [0.1, 0.15) is 69.2 Å². The molecule has 0 spiro atoms. The quantitative estimate of drug-likeness (QED) is 0.400. The number of ether oxygens (including phenoxy) is 1. The number of amides is 3. The number of hydrogen-bond donors (Lipinski definition) is 2. The third kappa shape index (κ3) is 8.25. The van der Waals surface area contributed by atoms with Crippen molar-refractivity contribution in [2.24, 2.45) is 0 Å². The van der Waals surface area contributed by atoms with E-state index in [-0.39, 0.29) is 17.9 Å². The van der Waals surface area contributed by atoms with Gasteiger partial charge in [0.1, 0.15) is 17.7 Å². The normalized spacial score (nSPS) is 15.1. The number of thioether (sulfide) groups is 1. The largest absolute Gasteiger partial charge is 0.444 e. The van der Waals surface area contributed by atoms with Crippen molar-refractivity contribution in [3.63, 3.8) is 0 Å². The molecule has 0 aromatic heterocycles. The number of benzene rings is 2. The Morgan fingerprint density at radius 3 is 2.29 bits per heavy atom. The second-order valence-corrected chi connectivity index (χ2v) is 11.8. The molecule has 8 heteroatoms. The molecule has 0 radical (unpaired) electrons. The SMILES string of the molecule is CSCCC(NC(=O)OC(C)(C)C)C(=O)N(C1CCC1)C(C(=O)NCc1ccccc1)c1ccccc1C. The highest BCUT2D eigenvalue weighted by Crippen LogP contribution is 2.35. The molecule has 2 unspecified atom stereocenters. The van der Waals surface area contributed by atoms with Gasteiger partial charge in [-0.05, 0) is 82.1 Å². The van der Waals surface area contributed by atoms with Gasteiger partial charge >= 0.3 is 6.09 Å². The number of hydrogen-bond acceptors (Lipinski definition) is 5. The first-order valence-electron chi connectivity index (χ1n) is 13.3. The lowest BCUT2D eigenvalue weighted by Crippen LogP contribution is -2.57. The Hall–Kier alpha value is -3.00. The van der Waals surface area contributed by atoms with Crippen molar-refractivity contribution >= 4 is 29.7 Å². The average molecular weight is 540 g/mol. The summed E-state index contributed by atoms with van der Waals surface area (Å²) in [5.74, 6) is 0.196. The molecule has 206 valence electrons. The molecule has 2 aromatic carbocycles. The molecule has 3 rings (SSSR count). The van der Waals surface area contributed by atoms with Gasteiger partial charge in [0.25, 0.3) is 0 Å². The van der Waals surface area contributed by atoms with Crippen LogP contribution in [0.15, 0.2) is 54.6 Å². The van der Waals surface area contributed by atoms with E-state index in [2.05, 4.69) is 10.6 Å². The Morgan fingerprint density at radius 2 is 1.71 bits per heavy atom. The minimum atomic E-state index is -0.810. The van der Waals surface area contributed by atoms with Crippen molar-refractivity contribution in [3.05, 3.63) is 71.3 Å². The van der Waals surface area contributed by atoms with Crippen LogP contribution in [0.3, 0.4) is 0 Å². The summed E-state index contributed by atoms with van der Waals surface area (Å²) in [7, 11) is 0. The molecule has 2 N–H and O–H groups in total. The highest BCUT2D eigenvalue weighted by molar-refractivity contribution is 7.98. The lowest BCUT2D eigenvalue weighted by atomic mass is 9.87. The standard InChI is InChI=1S/C30H41N3O4S/c1-21-12-9-10-17-24(21)26(27(34)31-20-22-13-7-6-8-14-22)33(23-15-11-16-23)28(35)25(18-19-38-5)32-29(36)37-30(2,3)4/h6-10,12-14,17,23,25-26H,11,15-16,18-20H2,1-5H3,(H,31,34)(H,32,36). The number of aryl methyl sites for hydroxylation is 1.